The highest BCUT2D eigenvalue weighted by Crippen LogP contribution is 2.22. The van der Waals surface area contributed by atoms with E-state index in [4.69, 9.17) is 0 Å². The van der Waals surface area contributed by atoms with Crippen LogP contribution in [0.3, 0.4) is 0 Å². The van der Waals surface area contributed by atoms with E-state index in [0.717, 1.165) is 27.9 Å². The van der Waals surface area contributed by atoms with E-state index in [1.54, 1.807) is 11.8 Å². The predicted octanol–water partition coefficient (Wildman–Crippen LogP) is 4.34. The van der Waals surface area contributed by atoms with Crippen LogP contribution >= 0.6 is 11.8 Å². The van der Waals surface area contributed by atoms with Gasteiger partial charge in [0.25, 0.3) is 0 Å². The van der Waals surface area contributed by atoms with Gasteiger partial charge in [-0.2, -0.15) is 0 Å². The van der Waals surface area contributed by atoms with Gasteiger partial charge in [-0.15, -0.1) is 0 Å². The molecule has 0 fully saturated rings. The molecule has 0 aliphatic heterocycles. The van der Waals surface area contributed by atoms with Gasteiger partial charge in [-0.05, 0) is 19.4 Å². The summed E-state index contributed by atoms with van der Waals surface area (Å²) in [6, 6.07) is 12.3. The molecule has 2 rings (SSSR count). The van der Waals surface area contributed by atoms with Gasteiger partial charge in [-0.25, -0.2) is 9.97 Å². The van der Waals surface area contributed by atoms with Crippen LogP contribution in [0.15, 0.2) is 41.6 Å². The molecule has 18 heavy (non-hydrogen) atoms. The molecule has 0 aliphatic carbocycles. The minimum Gasteiger partial charge on any atom is -0.228 e. The number of hydrogen-bond acceptors (Lipinski definition) is 3. The Balaban J connectivity index is 2.21. The lowest BCUT2D eigenvalue weighted by atomic mass is 10.1. The maximum atomic E-state index is 4.63. The number of aryl methyl sites for hydroxylation is 1. The first-order valence-electron chi connectivity index (χ1n) is 6.33. The van der Waals surface area contributed by atoms with E-state index >= 15 is 0 Å². The van der Waals surface area contributed by atoms with Crippen LogP contribution in [-0.2, 0) is 0 Å². The second kappa shape index (κ2) is 6.55. The lowest BCUT2D eigenvalue weighted by Gasteiger charge is -2.05. The fraction of sp³-hybridized carbons (Fsp3) is 0.333. The lowest BCUT2D eigenvalue weighted by Crippen LogP contribution is -1.94. The van der Waals surface area contributed by atoms with E-state index in [2.05, 4.69) is 29.0 Å². The summed E-state index contributed by atoms with van der Waals surface area (Å²) >= 11 is 1.75. The van der Waals surface area contributed by atoms with Crippen LogP contribution in [0, 0.1) is 6.92 Å². The van der Waals surface area contributed by atoms with Crippen molar-refractivity contribution >= 4 is 11.8 Å². The van der Waals surface area contributed by atoms with Crippen molar-refractivity contribution in [1.29, 1.82) is 0 Å². The van der Waals surface area contributed by atoms with Gasteiger partial charge in [0, 0.05) is 17.0 Å². The minimum atomic E-state index is 0.891. The molecule has 3 heteroatoms. The quantitative estimate of drug-likeness (QED) is 0.453. The zero-order valence-corrected chi connectivity index (χ0v) is 11.7. The first-order valence-corrected chi connectivity index (χ1v) is 7.32. The SMILES string of the molecule is CCCCSc1nc(C)cc(-c2ccccc2)n1. The molecule has 2 aromatic rings. The average molecular weight is 258 g/mol. The molecule has 2 nitrogen and oxygen atoms in total. The largest absolute Gasteiger partial charge is 0.228 e. The van der Waals surface area contributed by atoms with Gasteiger partial charge in [-0.1, -0.05) is 55.4 Å². The van der Waals surface area contributed by atoms with Gasteiger partial charge in [0.05, 0.1) is 5.69 Å². The van der Waals surface area contributed by atoms with Crippen molar-refractivity contribution < 1.29 is 0 Å². The Morgan fingerprint density at radius 3 is 2.61 bits per heavy atom. The van der Waals surface area contributed by atoms with Gasteiger partial charge in [0.1, 0.15) is 0 Å². The summed E-state index contributed by atoms with van der Waals surface area (Å²) in [5, 5.41) is 0.891. The van der Waals surface area contributed by atoms with Crippen molar-refractivity contribution in [3.63, 3.8) is 0 Å². The Hall–Kier alpha value is -1.35. The molecule has 0 amide bonds. The number of thioether (sulfide) groups is 1. The molecule has 0 spiro atoms. The van der Waals surface area contributed by atoms with E-state index in [-0.39, 0.29) is 0 Å². The van der Waals surface area contributed by atoms with Crippen LogP contribution < -0.4 is 0 Å². The molecule has 0 unspecified atom stereocenters. The summed E-state index contributed by atoms with van der Waals surface area (Å²) in [5.41, 5.74) is 3.20. The molecular formula is C15H18N2S. The molecule has 1 aromatic carbocycles. The third kappa shape index (κ3) is 3.57. The van der Waals surface area contributed by atoms with Crippen molar-refractivity contribution in [2.75, 3.05) is 5.75 Å². The third-order valence-electron chi connectivity index (χ3n) is 2.63. The molecule has 0 atom stereocenters. The molecular weight excluding hydrogens is 240 g/mol. The predicted molar refractivity (Wildman–Crippen MR) is 77.8 cm³/mol. The Labute approximate surface area is 113 Å². The van der Waals surface area contributed by atoms with Crippen LogP contribution in [-0.4, -0.2) is 15.7 Å². The summed E-state index contributed by atoms with van der Waals surface area (Å²) in [4.78, 5) is 9.11. The van der Waals surface area contributed by atoms with E-state index in [9.17, 15) is 0 Å². The van der Waals surface area contributed by atoms with Crippen LogP contribution in [0.2, 0.25) is 0 Å². The van der Waals surface area contributed by atoms with Crippen LogP contribution in [0.5, 0.6) is 0 Å². The standard InChI is InChI=1S/C15H18N2S/c1-3-4-10-18-15-16-12(2)11-14(17-15)13-8-6-5-7-9-13/h5-9,11H,3-4,10H2,1-2H3. The molecule has 1 heterocycles. The average Bonchev–Trinajstić information content (AvgIpc) is 2.39. The van der Waals surface area contributed by atoms with Crippen LogP contribution in [0.1, 0.15) is 25.5 Å². The van der Waals surface area contributed by atoms with Gasteiger partial charge in [0.2, 0.25) is 0 Å². The molecule has 0 bridgehead atoms. The summed E-state index contributed by atoms with van der Waals surface area (Å²) < 4.78 is 0. The van der Waals surface area contributed by atoms with Crippen molar-refractivity contribution in [2.45, 2.75) is 31.8 Å². The summed E-state index contributed by atoms with van der Waals surface area (Å²) in [6.07, 6.45) is 2.42. The summed E-state index contributed by atoms with van der Waals surface area (Å²) in [6.45, 7) is 4.23. The fourth-order valence-corrected chi connectivity index (χ4v) is 2.66. The number of unbranched alkanes of at least 4 members (excludes halogenated alkanes) is 1. The highest BCUT2D eigenvalue weighted by molar-refractivity contribution is 7.99. The molecule has 1 aromatic heterocycles. The lowest BCUT2D eigenvalue weighted by molar-refractivity contribution is 0.885. The second-order valence-corrected chi connectivity index (χ2v) is 5.31. The van der Waals surface area contributed by atoms with E-state index in [1.807, 2.05) is 31.2 Å². The van der Waals surface area contributed by atoms with E-state index in [1.165, 1.54) is 12.8 Å². The first-order chi connectivity index (χ1) is 8.79. The van der Waals surface area contributed by atoms with Crippen molar-refractivity contribution in [2.24, 2.45) is 0 Å². The van der Waals surface area contributed by atoms with Gasteiger partial charge >= 0.3 is 0 Å². The van der Waals surface area contributed by atoms with Gasteiger partial charge in [0.15, 0.2) is 5.16 Å². The molecule has 0 N–H and O–H groups in total. The fourth-order valence-electron chi connectivity index (χ4n) is 1.67. The maximum Gasteiger partial charge on any atom is 0.188 e. The normalized spacial score (nSPS) is 10.6. The number of benzene rings is 1. The topological polar surface area (TPSA) is 25.8 Å². The Bertz CT molecular complexity index is 497. The molecule has 0 aliphatic rings. The molecule has 0 saturated heterocycles. The zero-order valence-electron chi connectivity index (χ0n) is 10.9. The third-order valence-corrected chi connectivity index (χ3v) is 3.57. The van der Waals surface area contributed by atoms with E-state index < -0.39 is 0 Å². The molecule has 0 radical (unpaired) electrons. The number of aromatic nitrogens is 2. The summed E-state index contributed by atoms with van der Waals surface area (Å²) in [5.74, 6) is 1.09. The van der Waals surface area contributed by atoms with Gasteiger partial charge < -0.3 is 0 Å². The maximum absolute atomic E-state index is 4.63. The summed E-state index contributed by atoms with van der Waals surface area (Å²) in [7, 11) is 0. The van der Waals surface area contributed by atoms with Gasteiger partial charge in [-0.3, -0.25) is 0 Å². The number of nitrogens with zero attached hydrogens (tertiary/aromatic N) is 2. The number of hydrogen-bond donors (Lipinski definition) is 0. The zero-order chi connectivity index (χ0) is 12.8. The minimum absolute atomic E-state index is 0.891. The molecule has 94 valence electrons. The highest BCUT2D eigenvalue weighted by atomic mass is 32.2. The molecule has 0 saturated carbocycles. The van der Waals surface area contributed by atoms with Crippen LogP contribution in [0.4, 0.5) is 0 Å². The Morgan fingerprint density at radius 2 is 1.89 bits per heavy atom. The van der Waals surface area contributed by atoms with Crippen LogP contribution in [0.25, 0.3) is 11.3 Å². The number of rotatable bonds is 5. The Morgan fingerprint density at radius 1 is 1.11 bits per heavy atom. The second-order valence-electron chi connectivity index (χ2n) is 4.25. The first kappa shape index (κ1) is 13.1. The smallest absolute Gasteiger partial charge is 0.188 e. The van der Waals surface area contributed by atoms with E-state index in [0.29, 0.717) is 0 Å². The monoisotopic (exact) mass is 258 g/mol. The van der Waals surface area contributed by atoms with Crippen molar-refractivity contribution in [1.82, 2.24) is 9.97 Å². The van der Waals surface area contributed by atoms with Crippen molar-refractivity contribution in [3.05, 3.63) is 42.1 Å². The highest BCUT2D eigenvalue weighted by Gasteiger charge is 2.04. The Kier molecular flexibility index (Phi) is 4.76. The van der Waals surface area contributed by atoms with Crippen molar-refractivity contribution in [3.8, 4) is 11.3 Å².